The van der Waals surface area contributed by atoms with Crippen LogP contribution in [0, 0.1) is 5.92 Å². The van der Waals surface area contributed by atoms with Crippen LogP contribution in [0.1, 0.15) is 52.4 Å². The average molecular weight is 520 g/mol. The van der Waals surface area contributed by atoms with Gasteiger partial charge in [0.15, 0.2) is 0 Å². The molecule has 0 rings (SSSR count). The lowest BCUT2D eigenvalue weighted by atomic mass is 9.96. The number of nitrogens with one attached hydrogen (secondary N) is 3. The summed E-state index contributed by atoms with van der Waals surface area (Å²) in [6, 6.07) is -4.77. The molecule has 0 aromatic carbocycles. The zero-order valence-corrected chi connectivity index (χ0v) is 21.1. The van der Waals surface area contributed by atoms with E-state index in [2.05, 4.69) is 16.0 Å². The summed E-state index contributed by atoms with van der Waals surface area (Å²) in [5.41, 5.74) is 10.8. The second kappa shape index (κ2) is 16.7. The summed E-state index contributed by atoms with van der Waals surface area (Å²) >= 11 is 1.39. The Labute approximate surface area is 208 Å². The number of rotatable bonds is 18. The molecular weight excluding hydrogens is 482 g/mol. The minimum Gasteiger partial charge on any atom is -0.481 e. The highest BCUT2D eigenvalue weighted by atomic mass is 32.2. The number of carboxylic acid groups (broad SMARTS) is 2. The molecule has 5 atom stereocenters. The molecule has 35 heavy (non-hydrogen) atoms. The molecule has 0 saturated carbocycles. The maximum absolute atomic E-state index is 13.0. The Morgan fingerprint density at radius 1 is 0.857 bits per heavy atom. The van der Waals surface area contributed by atoms with Crippen molar-refractivity contribution in [1.29, 1.82) is 0 Å². The van der Waals surface area contributed by atoms with Crippen molar-refractivity contribution in [1.82, 2.24) is 16.0 Å². The Bertz CT molecular complexity index is 766. The monoisotopic (exact) mass is 519 g/mol. The first-order valence-corrected chi connectivity index (χ1v) is 12.6. The minimum absolute atomic E-state index is 0.0216. The summed E-state index contributed by atoms with van der Waals surface area (Å²) in [5.74, 6) is -5.32. The third-order valence-electron chi connectivity index (χ3n) is 5.34. The molecule has 0 fully saturated rings. The topological polar surface area (TPSA) is 231 Å². The highest BCUT2D eigenvalue weighted by molar-refractivity contribution is 7.98. The van der Waals surface area contributed by atoms with E-state index < -0.39 is 66.2 Å². The van der Waals surface area contributed by atoms with Gasteiger partial charge >= 0.3 is 11.9 Å². The number of amides is 4. The fourth-order valence-electron chi connectivity index (χ4n) is 2.95. The third kappa shape index (κ3) is 13.0. The Morgan fingerprint density at radius 2 is 1.46 bits per heavy atom. The highest BCUT2D eigenvalue weighted by Crippen LogP contribution is 2.11. The molecule has 0 aliphatic heterocycles. The first-order valence-electron chi connectivity index (χ1n) is 11.2. The van der Waals surface area contributed by atoms with E-state index in [1.807, 2.05) is 0 Å². The molecule has 0 aliphatic carbocycles. The molecule has 200 valence electrons. The van der Waals surface area contributed by atoms with Gasteiger partial charge in [0.05, 0.1) is 6.04 Å². The molecule has 9 N–H and O–H groups in total. The van der Waals surface area contributed by atoms with Gasteiger partial charge in [-0.1, -0.05) is 20.3 Å². The van der Waals surface area contributed by atoms with Gasteiger partial charge in [0.2, 0.25) is 23.6 Å². The molecule has 14 heteroatoms. The highest BCUT2D eigenvalue weighted by Gasteiger charge is 2.32. The Hall–Kier alpha value is -2.87. The molecule has 0 saturated heterocycles. The lowest BCUT2D eigenvalue weighted by Gasteiger charge is -2.28. The van der Waals surface area contributed by atoms with Crippen LogP contribution in [-0.4, -0.2) is 82.0 Å². The van der Waals surface area contributed by atoms with E-state index in [1.165, 1.54) is 11.8 Å². The summed E-state index contributed by atoms with van der Waals surface area (Å²) in [5, 5.41) is 25.7. The third-order valence-corrected chi connectivity index (χ3v) is 5.98. The summed E-state index contributed by atoms with van der Waals surface area (Å²) in [7, 11) is 0. The number of carboxylic acids is 2. The van der Waals surface area contributed by atoms with Crippen molar-refractivity contribution < 1.29 is 39.0 Å². The zero-order chi connectivity index (χ0) is 27.1. The van der Waals surface area contributed by atoms with E-state index in [0.29, 0.717) is 12.2 Å². The van der Waals surface area contributed by atoms with Crippen LogP contribution in [-0.2, 0) is 28.8 Å². The van der Waals surface area contributed by atoms with Crippen molar-refractivity contribution >= 4 is 47.3 Å². The fraction of sp³-hybridized carbons (Fsp3) is 0.714. The van der Waals surface area contributed by atoms with Crippen molar-refractivity contribution in [3.63, 3.8) is 0 Å². The SMILES string of the molecule is CCC(C)C(NC(=O)C(N)CCC(N)=O)C(=O)NC(CCC(=O)O)C(=O)NC(CCSC)C(=O)O. The maximum Gasteiger partial charge on any atom is 0.326 e. The normalized spacial score (nSPS) is 15.1. The molecule has 0 aromatic heterocycles. The molecule has 0 aliphatic rings. The summed E-state index contributed by atoms with van der Waals surface area (Å²) in [6.07, 6.45) is 1.49. The first-order chi connectivity index (χ1) is 16.3. The summed E-state index contributed by atoms with van der Waals surface area (Å²) in [4.78, 5) is 71.7. The minimum atomic E-state index is -1.35. The second-order valence-electron chi connectivity index (χ2n) is 8.16. The standard InChI is InChI=1S/C21H37N5O8S/c1-4-11(2)17(26-18(30)12(22)5-7-15(23)27)20(32)24-13(6-8-16(28)29)19(31)25-14(21(33)34)9-10-35-3/h11-14,17H,4-10,22H2,1-3H3,(H2,23,27)(H,24,32)(H,25,31)(H,26,30)(H,28,29)(H,33,34). The van der Waals surface area contributed by atoms with E-state index in [1.54, 1.807) is 20.1 Å². The molecule has 0 heterocycles. The van der Waals surface area contributed by atoms with Crippen LogP contribution >= 0.6 is 11.8 Å². The van der Waals surface area contributed by atoms with Crippen molar-refractivity contribution in [2.75, 3.05) is 12.0 Å². The van der Waals surface area contributed by atoms with Crippen LogP contribution in [0.3, 0.4) is 0 Å². The number of hydrogen-bond donors (Lipinski definition) is 7. The van der Waals surface area contributed by atoms with Crippen LogP contribution in [0.5, 0.6) is 0 Å². The van der Waals surface area contributed by atoms with Crippen LogP contribution in [0.25, 0.3) is 0 Å². The van der Waals surface area contributed by atoms with Crippen molar-refractivity contribution in [3.05, 3.63) is 0 Å². The predicted molar refractivity (Wildman–Crippen MR) is 129 cm³/mol. The van der Waals surface area contributed by atoms with Crippen LogP contribution < -0.4 is 27.4 Å². The Morgan fingerprint density at radius 3 is 1.94 bits per heavy atom. The number of thioether (sulfide) groups is 1. The quantitative estimate of drug-likeness (QED) is 0.114. The maximum atomic E-state index is 13.0. The van der Waals surface area contributed by atoms with E-state index in [4.69, 9.17) is 16.6 Å². The van der Waals surface area contributed by atoms with E-state index in [9.17, 15) is 33.9 Å². The number of carbonyl (C=O) groups excluding carboxylic acids is 4. The van der Waals surface area contributed by atoms with Gasteiger partial charge in [0, 0.05) is 12.8 Å². The van der Waals surface area contributed by atoms with Gasteiger partial charge in [0.25, 0.3) is 0 Å². The predicted octanol–water partition coefficient (Wildman–Crippen LogP) is -1.22. The van der Waals surface area contributed by atoms with Gasteiger partial charge in [-0.25, -0.2) is 4.79 Å². The molecule has 4 amide bonds. The van der Waals surface area contributed by atoms with E-state index >= 15 is 0 Å². The van der Waals surface area contributed by atoms with Crippen LogP contribution in [0.2, 0.25) is 0 Å². The number of nitrogens with two attached hydrogens (primary N) is 2. The first kappa shape index (κ1) is 32.1. The van der Waals surface area contributed by atoms with Crippen molar-refractivity contribution in [3.8, 4) is 0 Å². The Balaban J connectivity index is 5.56. The van der Waals surface area contributed by atoms with Crippen molar-refractivity contribution in [2.45, 2.75) is 76.5 Å². The van der Waals surface area contributed by atoms with Crippen LogP contribution in [0.15, 0.2) is 0 Å². The molecule has 0 bridgehead atoms. The van der Waals surface area contributed by atoms with E-state index in [-0.39, 0.29) is 31.6 Å². The van der Waals surface area contributed by atoms with Gasteiger partial charge in [0.1, 0.15) is 18.1 Å². The van der Waals surface area contributed by atoms with Gasteiger partial charge in [-0.05, 0) is 37.2 Å². The molecule has 0 aromatic rings. The van der Waals surface area contributed by atoms with Gasteiger partial charge < -0.3 is 37.6 Å². The molecule has 13 nitrogen and oxygen atoms in total. The Kier molecular flexibility index (Phi) is 15.3. The van der Waals surface area contributed by atoms with Gasteiger partial charge in [-0.2, -0.15) is 11.8 Å². The summed E-state index contributed by atoms with van der Waals surface area (Å²) < 4.78 is 0. The molecule has 5 unspecified atom stereocenters. The lowest BCUT2D eigenvalue weighted by Crippen LogP contribution is -2.58. The smallest absolute Gasteiger partial charge is 0.326 e. The second-order valence-corrected chi connectivity index (χ2v) is 9.14. The average Bonchev–Trinajstić information content (AvgIpc) is 2.79. The lowest BCUT2D eigenvalue weighted by molar-refractivity contribution is -0.143. The number of hydrogen-bond acceptors (Lipinski definition) is 8. The number of aliphatic carboxylic acids is 2. The van der Waals surface area contributed by atoms with E-state index in [0.717, 1.165) is 0 Å². The molecule has 0 radical (unpaired) electrons. The fourth-order valence-corrected chi connectivity index (χ4v) is 3.43. The summed E-state index contributed by atoms with van der Waals surface area (Å²) in [6.45, 7) is 3.47. The largest absolute Gasteiger partial charge is 0.481 e. The van der Waals surface area contributed by atoms with Crippen LogP contribution in [0.4, 0.5) is 0 Å². The molecular formula is C21H37N5O8S. The van der Waals surface area contributed by atoms with Crippen molar-refractivity contribution in [2.24, 2.45) is 17.4 Å². The molecule has 0 spiro atoms. The zero-order valence-electron chi connectivity index (χ0n) is 20.2. The van der Waals surface area contributed by atoms with Gasteiger partial charge in [-0.15, -0.1) is 0 Å². The number of carbonyl (C=O) groups is 6. The number of primary amides is 1. The van der Waals surface area contributed by atoms with Gasteiger partial charge in [-0.3, -0.25) is 24.0 Å².